The van der Waals surface area contributed by atoms with E-state index in [1.54, 1.807) is 23.4 Å². The Morgan fingerprint density at radius 3 is 2.81 bits per heavy atom. The van der Waals surface area contributed by atoms with Gasteiger partial charge in [-0.05, 0) is 18.4 Å². The second-order valence-electron chi connectivity index (χ2n) is 7.53. The van der Waals surface area contributed by atoms with Gasteiger partial charge in [-0.25, -0.2) is 19.3 Å². The molecule has 0 bridgehead atoms. The SMILES string of the molecule is Nc1ncc(F)c(-c2cn(C3CCN(CCC(F)(F)F)C3)c3cnc(C#CCO)cc23)n1. The Morgan fingerprint density at radius 1 is 1.25 bits per heavy atom. The summed E-state index contributed by atoms with van der Waals surface area (Å²) in [5, 5.41) is 9.56. The minimum absolute atomic E-state index is 0.0143. The lowest BCUT2D eigenvalue weighted by Crippen LogP contribution is -2.26. The third-order valence-corrected chi connectivity index (χ3v) is 5.39. The number of aliphatic hydroxyl groups excluding tert-OH is 1. The molecule has 1 aliphatic rings. The number of nitrogens with two attached hydrogens (primary N) is 1. The van der Waals surface area contributed by atoms with E-state index < -0.39 is 18.4 Å². The molecule has 3 aromatic rings. The average molecular weight is 448 g/mol. The van der Waals surface area contributed by atoms with Gasteiger partial charge in [0.15, 0.2) is 5.82 Å². The van der Waals surface area contributed by atoms with Gasteiger partial charge in [-0.15, -0.1) is 0 Å². The Morgan fingerprint density at radius 2 is 2.06 bits per heavy atom. The molecule has 3 N–H and O–H groups in total. The predicted molar refractivity (Wildman–Crippen MR) is 110 cm³/mol. The lowest BCUT2D eigenvalue weighted by molar-refractivity contribution is -0.137. The number of anilines is 1. The van der Waals surface area contributed by atoms with Crippen molar-refractivity contribution >= 4 is 16.9 Å². The normalized spacial score (nSPS) is 17.0. The molecule has 0 spiro atoms. The van der Waals surface area contributed by atoms with Gasteiger partial charge in [-0.2, -0.15) is 13.2 Å². The molecule has 0 aliphatic carbocycles. The maximum Gasteiger partial charge on any atom is 0.390 e. The standard InChI is InChI=1S/C21H20F4N6O/c22-17-9-28-20(26)29-19(17)16-12-31(14-3-5-30(11-14)6-4-21(23,24)25)18-10-27-13(2-1-7-32)8-15(16)18/h8-10,12,14,32H,3-7,11H2,(H2,26,28,29). The fraction of sp³-hybridized carbons (Fsp3) is 0.381. The Bertz CT molecular complexity index is 1200. The van der Waals surface area contributed by atoms with E-state index in [9.17, 15) is 17.6 Å². The Kier molecular flexibility index (Phi) is 5.99. The van der Waals surface area contributed by atoms with Crippen molar-refractivity contribution in [3.05, 3.63) is 36.2 Å². The summed E-state index contributed by atoms with van der Waals surface area (Å²) < 4.78 is 54.3. The van der Waals surface area contributed by atoms with E-state index in [2.05, 4.69) is 26.8 Å². The third-order valence-electron chi connectivity index (χ3n) is 5.39. The van der Waals surface area contributed by atoms with Crippen molar-refractivity contribution in [2.75, 3.05) is 32.0 Å². The number of rotatable bonds is 4. The lowest BCUT2D eigenvalue weighted by atomic mass is 10.1. The average Bonchev–Trinajstić information content (AvgIpc) is 3.36. The van der Waals surface area contributed by atoms with Crippen molar-refractivity contribution in [2.24, 2.45) is 0 Å². The van der Waals surface area contributed by atoms with Gasteiger partial charge in [0.05, 0.1) is 24.3 Å². The van der Waals surface area contributed by atoms with Gasteiger partial charge in [-0.3, -0.25) is 0 Å². The van der Waals surface area contributed by atoms with Crippen LogP contribution in [0.3, 0.4) is 0 Å². The van der Waals surface area contributed by atoms with Crippen molar-refractivity contribution in [1.29, 1.82) is 0 Å². The number of nitrogens with zero attached hydrogens (tertiary/aromatic N) is 5. The van der Waals surface area contributed by atoms with Crippen LogP contribution in [0.15, 0.2) is 24.7 Å². The molecule has 7 nitrogen and oxygen atoms in total. The van der Waals surface area contributed by atoms with Crippen LogP contribution in [0.25, 0.3) is 22.2 Å². The minimum Gasteiger partial charge on any atom is -0.384 e. The zero-order valence-corrected chi connectivity index (χ0v) is 16.9. The molecule has 0 radical (unpaired) electrons. The maximum absolute atomic E-state index is 14.6. The zero-order valence-electron chi connectivity index (χ0n) is 16.9. The second-order valence-corrected chi connectivity index (χ2v) is 7.53. The highest BCUT2D eigenvalue weighted by Crippen LogP contribution is 2.35. The van der Waals surface area contributed by atoms with Crippen LogP contribution in [0.5, 0.6) is 0 Å². The fourth-order valence-electron chi connectivity index (χ4n) is 3.93. The van der Waals surface area contributed by atoms with Gasteiger partial charge in [0.2, 0.25) is 5.95 Å². The van der Waals surface area contributed by atoms with Gasteiger partial charge in [0.25, 0.3) is 0 Å². The van der Waals surface area contributed by atoms with E-state index in [0.717, 1.165) is 6.20 Å². The summed E-state index contributed by atoms with van der Waals surface area (Å²) in [6, 6.07) is 1.55. The zero-order chi connectivity index (χ0) is 22.9. The highest BCUT2D eigenvalue weighted by molar-refractivity contribution is 5.95. The van der Waals surface area contributed by atoms with Gasteiger partial charge in [0, 0.05) is 42.8 Å². The van der Waals surface area contributed by atoms with E-state index in [-0.39, 0.29) is 30.8 Å². The molecule has 32 heavy (non-hydrogen) atoms. The molecule has 11 heteroatoms. The Balaban J connectivity index is 1.74. The van der Waals surface area contributed by atoms with Gasteiger partial charge in [-0.1, -0.05) is 5.92 Å². The van der Waals surface area contributed by atoms with Crippen LogP contribution in [-0.4, -0.2) is 61.9 Å². The quantitative estimate of drug-likeness (QED) is 0.471. The number of halogens is 4. The molecule has 0 amide bonds. The van der Waals surface area contributed by atoms with Crippen LogP contribution in [0.1, 0.15) is 24.6 Å². The van der Waals surface area contributed by atoms with E-state index in [4.69, 9.17) is 10.8 Å². The molecular formula is C21H20F4N6O. The summed E-state index contributed by atoms with van der Waals surface area (Å²) in [4.78, 5) is 13.8. The number of aromatic nitrogens is 4. The highest BCUT2D eigenvalue weighted by atomic mass is 19.4. The second kappa shape index (κ2) is 8.72. The number of hydrogen-bond donors (Lipinski definition) is 2. The Labute approximate surface area is 180 Å². The van der Waals surface area contributed by atoms with Crippen molar-refractivity contribution < 1.29 is 22.7 Å². The van der Waals surface area contributed by atoms with Crippen LogP contribution in [0, 0.1) is 17.7 Å². The topological polar surface area (TPSA) is 93.1 Å². The first-order valence-corrected chi connectivity index (χ1v) is 9.93. The molecule has 1 unspecified atom stereocenters. The predicted octanol–water partition coefficient (Wildman–Crippen LogP) is 2.76. The van der Waals surface area contributed by atoms with Crippen LogP contribution in [0.2, 0.25) is 0 Å². The van der Waals surface area contributed by atoms with Crippen molar-refractivity contribution in [3.8, 4) is 23.1 Å². The summed E-state index contributed by atoms with van der Waals surface area (Å²) in [6.07, 6.45) is -0.132. The van der Waals surface area contributed by atoms with Crippen molar-refractivity contribution in [2.45, 2.75) is 25.1 Å². The van der Waals surface area contributed by atoms with Crippen LogP contribution < -0.4 is 5.73 Å². The molecular weight excluding hydrogens is 428 g/mol. The first kappa shape index (κ1) is 22.0. The summed E-state index contributed by atoms with van der Waals surface area (Å²) in [7, 11) is 0. The molecule has 0 aromatic carbocycles. The number of pyridine rings is 1. The number of aliphatic hydroxyl groups is 1. The summed E-state index contributed by atoms with van der Waals surface area (Å²) in [5.41, 5.74) is 7.19. The molecule has 4 heterocycles. The number of hydrogen-bond acceptors (Lipinski definition) is 6. The van der Waals surface area contributed by atoms with Crippen molar-refractivity contribution in [1.82, 2.24) is 24.4 Å². The smallest absolute Gasteiger partial charge is 0.384 e. The monoisotopic (exact) mass is 448 g/mol. The van der Waals surface area contributed by atoms with Gasteiger partial charge >= 0.3 is 6.18 Å². The molecule has 3 aromatic heterocycles. The van der Waals surface area contributed by atoms with E-state index >= 15 is 0 Å². The molecule has 1 aliphatic heterocycles. The molecule has 1 atom stereocenters. The number of nitrogen functional groups attached to an aromatic ring is 1. The summed E-state index contributed by atoms with van der Waals surface area (Å²) in [5.74, 6) is 4.50. The Hall–Kier alpha value is -3.23. The van der Waals surface area contributed by atoms with Gasteiger partial charge < -0.3 is 20.3 Å². The first-order chi connectivity index (χ1) is 15.2. The van der Waals surface area contributed by atoms with E-state index in [1.165, 1.54) is 0 Å². The largest absolute Gasteiger partial charge is 0.390 e. The molecule has 1 saturated heterocycles. The molecule has 4 rings (SSSR count). The highest BCUT2D eigenvalue weighted by Gasteiger charge is 2.31. The van der Waals surface area contributed by atoms with Crippen LogP contribution >= 0.6 is 0 Å². The number of likely N-dealkylation sites (tertiary alicyclic amines) is 1. The molecule has 168 valence electrons. The van der Waals surface area contributed by atoms with Crippen LogP contribution in [0.4, 0.5) is 23.5 Å². The fourth-order valence-corrected chi connectivity index (χ4v) is 3.93. The lowest BCUT2D eigenvalue weighted by Gasteiger charge is -2.18. The molecule has 0 saturated carbocycles. The first-order valence-electron chi connectivity index (χ1n) is 9.93. The van der Waals surface area contributed by atoms with E-state index in [1.807, 2.05) is 4.57 Å². The van der Waals surface area contributed by atoms with E-state index in [0.29, 0.717) is 41.7 Å². The summed E-state index contributed by atoms with van der Waals surface area (Å²) in [6.45, 7) is 0.556. The number of alkyl halides is 3. The number of fused-ring (bicyclic) bond motifs is 1. The molecule has 1 fully saturated rings. The summed E-state index contributed by atoms with van der Waals surface area (Å²) >= 11 is 0. The maximum atomic E-state index is 14.6. The van der Waals surface area contributed by atoms with Crippen LogP contribution in [-0.2, 0) is 0 Å². The van der Waals surface area contributed by atoms with Gasteiger partial charge in [0.1, 0.15) is 18.0 Å². The minimum atomic E-state index is -4.20. The van der Waals surface area contributed by atoms with Crippen molar-refractivity contribution in [3.63, 3.8) is 0 Å². The third kappa shape index (κ3) is 4.66.